The number of aliphatic hydroxyl groups excluding tert-OH is 1. The van der Waals surface area contributed by atoms with Gasteiger partial charge in [-0.15, -0.1) is 0 Å². The highest BCUT2D eigenvalue weighted by molar-refractivity contribution is 5.95. The maximum atomic E-state index is 13.6. The van der Waals surface area contributed by atoms with E-state index < -0.39 is 0 Å². The Balaban J connectivity index is 2.07. The Morgan fingerprint density at radius 3 is 2.95 bits per heavy atom. The van der Waals surface area contributed by atoms with Gasteiger partial charge in [0.05, 0.1) is 0 Å². The van der Waals surface area contributed by atoms with Crippen LogP contribution in [0.2, 0.25) is 0 Å². The summed E-state index contributed by atoms with van der Waals surface area (Å²) in [5.74, 6) is -0.456. The van der Waals surface area contributed by atoms with Gasteiger partial charge in [0.2, 0.25) is 0 Å². The highest BCUT2D eigenvalue weighted by Gasteiger charge is 2.24. The van der Waals surface area contributed by atoms with Crippen molar-refractivity contribution >= 4 is 5.84 Å². The van der Waals surface area contributed by atoms with Crippen molar-refractivity contribution in [2.45, 2.75) is 38.3 Å². The first-order valence-corrected chi connectivity index (χ1v) is 7.09. The van der Waals surface area contributed by atoms with Crippen molar-refractivity contribution in [3.8, 4) is 0 Å². The molecule has 0 spiro atoms. The molecule has 0 saturated carbocycles. The van der Waals surface area contributed by atoms with Crippen molar-refractivity contribution in [3.05, 3.63) is 35.1 Å². The molecule has 1 atom stereocenters. The molecule has 1 saturated heterocycles. The third-order valence-electron chi connectivity index (χ3n) is 3.85. The molecule has 1 heterocycles. The van der Waals surface area contributed by atoms with Crippen LogP contribution in [0.1, 0.15) is 36.8 Å². The number of nitrogens with two attached hydrogens (primary N) is 1. The van der Waals surface area contributed by atoms with Crippen LogP contribution >= 0.6 is 0 Å². The summed E-state index contributed by atoms with van der Waals surface area (Å²) in [6.45, 7) is 1.90. The molecule has 110 valence electrons. The van der Waals surface area contributed by atoms with E-state index in [0.29, 0.717) is 18.2 Å². The fourth-order valence-corrected chi connectivity index (χ4v) is 2.89. The minimum absolute atomic E-state index is 0.107. The Hall–Kier alpha value is -1.46. The first-order chi connectivity index (χ1) is 9.60. The summed E-state index contributed by atoms with van der Waals surface area (Å²) >= 11 is 0. The normalized spacial score (nSPS) is 19.4. The second-order valence-corrected chi connectivity index (χ2v) is 5.39. The average Bonchev–Trinajstić information content (AvgIpc) is 2.83. The standard InChI is InChI=1S/C15H22FN3O/c16-13-8-11(7-12(9-13)15(17)18)10-19-5-1-3-14(19)4-2-6-20/h7-9,14,20H,1-6,10H2,(H3,17,18). The Labute approximate surface area is 118 Å². The Morgan fingerprint density at radius 2 is 2.25 bits per heavy atom. The zero-order valence-corrected chi connectivity index (χ0v) is 11.6. The molecule has 0 bridgehead atoms. The summed E-state index contributed by atoms with van der Waals surface area (Å²) in [6.07, 6.45) is 4.06. The lowest BCUT2D eigenvalue weighted by atomic mass is 10.1. The number of hydrogen-bond donors (Lipinski definition) is 3. The molecule has 4 N–H and O–H groups in total. The monoisotopic (exact) mass is 279 g/mol. The van der Waals surface area contributed by atoms with Gasteiger partial charge >= 0.3 is 0 Å². The topological polar surface area (TPSA) is 73.3 Å². The van der Waals surface area contributed by atoms with Crippen molar-refractivity contribution < 1.29 is 9.50 Å². The molecule has 1 aromatic rings. The number of amidine groups is 1. The van der Waals surface area contributed by atoms with E-state index in [1.807, 2.05) is 0 Å². The van der Waals surface area contributed by atoms with Crippen LogP contribution in [0.5, 0.6) is 0 Å². The predicted molar refractivity (Wildman–Crippen MR) is 77.2 cm³/mol. The fourth-order valence-electron chi connectivity index (χ4n) is 2.89. The van der Waals surface area contributed by atoms with E-state index in [0.717, 1.165) is 37.8 Å². The molecule has 0 aliphatic carbocycles. The number of likely N-dealkylation sites (tertiary alicyclic amines) is 1. The Kier molecular flexibility index (Phi) is 5.09. The number of benzene rings is 1. The highest BCUT2D eigenvalue weighted by Crippen LogP contribution is 2.24. The molecule has 2 rings (SSSR count). The van der Waals surface area contributed by atoms with E-state index in [1.54, 1.807) is 6.07 Å². The quantitative estimate of drug-likeness (QED) is 0.549. The van der Waals surface area contributed by atoms with E-state index in [4.69, 9.17) is 16.2 Å². The Bertz CT molecular complexity index is 478. The first kappa shape index (κ1) is 14.9. The number of nitrogen functional groups attached to an aromatic ring is 1. The number of rotatable bonds is 6. The molecule has 1 aliphatic rings. The molecular weight excluding hydrogens is 257 g/mol. The van der Waals surface area contributed by atoms with Crippen molar-refractivity contribution in [2.75, 3.05) is 13.2 Å². The van der Waals surface area contributed by atoms with Gasteiger partial charge in [-0.2, -0.15) is 0 Å². The molecule has 20 heavy (non-hydrogen) atoms. The summed E-state index contributed by atoms with van der Waals surface area (Å²) < 4.78 is 13.6. The molecule has 1 unspecified atom stereocenters. The summed E-state index contributed by atoms with van der Waals surface area (Å²) in [7, 11) is 0. The third-order valence-corrected chi connectivity index (χ3v) is 3.85. The van der Waals surface area contributed by atoms with Gasteiger partial charge in [-0.3, -0.25) is 10.3 Å². The number of nitrogens with zero attached hydrogens (tertiary/aromatic N) is 1. The van der Waals surface area contributed by atoms with E-state index in [2.05, 4.69) is 4.90 Å². The zero-order valence-electron chi connectivity index (χ0n) is 11.6. The predicted octanol–water partition coefficient (Wildman–Crippen LogP) is 1.85. The number of aliphatic hydroxyl groups is 1. The van der Waals surface area contributed by atoms with Crippen molar-refractivity contribution in [1.82, 2.24) is 4.90 Å². The minimum Gasteiger partial charge on any atom is -0.396 e. The van der Waals surface area contributed by atoms with Gasteiger partial charge in [0.15, 0.2) is 0 Å². The van der Waals surface area contributed by atoms with Gasteiger partial charge < -0.3 is 10.8 Å². The lowest BCUT2D eigenvalue weighted by Crippen LogP contribution is -2.29. The molecule has 0 aromatic heterocycles. The zero-order chi connectivity index (χ0) is 14.5. The van der Waals surface area contributed by atoms with Gasteiger partial charge in [0, 0.05) is 24.8 Å². The van der Waals surface area contributed by atoms with Crippen molar-refractivity contribution in [2.24, 2.45) is 5.73 Å². The smallest absolute Gasteiger partial charge is 0.124 e. The van der Waals surface area contributed by atoms with E-state index in [1.165, 1.54) is 12.1 Å². The SMILES string of the molecule is N=C(N)c1cc(F)cc(CN2CCCC2CCCO)c1. The van der Waals surface area contributed by atoms with Crippen LogP contribution in [0.3, 0.4) is 0 Å². The maximum absolute atomic E-state index is 13.6. The highest BCUT2D eigenvalue weighted by atomic mass is 19.1. The summed E-state index contributed by atoms with van der Waals surface area (Å²) in [6, 6.07) is 5.05. The number of hydrogen-bond acceptors (Lipinski definition) is 3. The second kappa shape index (κ2) is 6.81. The first-order valence-electron chi connectivity index (χ1n) is 7.09. The van der Waals surface area contributed by atoms with Crippen molar-refractivity contribution in [3.63, 3.8) is 0 Å². The molecule has 5 heteroatoms. The van der Waals surface area contributed by atoms with E-state index in [9.17, 15) is 4.39 Å². The molecule has 0 radical (unpaired) electrons. The second-order valence-electron chi connectivity index (χ2n) is 5.39. The maximum Gasteiger partial charge on any atom is 0.124 e. The van der Waals surface area contributed by atoms with Crippen LogP contribution in [0.25, 0.3) is 0 Å². The van der Waals surface area contributed by atoms with E-state index in [-0.39, 0.29) is 18.3 Å². The van der Waals surface area contributed by atoms with Gasteiger partial charge in [-0.1, -0.05) is 0 Å². The summed E-state index contributed by atoms with van der Waals surface area (Å²) in [5.41, 5.74) is 6.72. The fraction of sp³-hybridized carbons (Fsp3) is 0.533. The molecule has 1 aromatic carbocycles. The summed E-state index contributed by atoms with van der Waals surface area (Å²) in [4.78, 5) is 2.33. The van der Waals surface area contributed by atoms with Crippen LogP contribution < -0.4 is 5.73 Å². The molecule has 1 aliphatic heterocycles. The van der Waals surface area contributed by atoms with Crippen molar-refractivity contribution in [1.29, 1.82) is 5.41 Å². The van der Waals surface area contributed by atoms with E-state index >= 15 is 0 Å². The van der Waals surface area contributed by atoms with Gasteiger partial charge in [0.1, 0.15) is 11.7 Å². The molecular formula is C15H22FN3O. The molecule has 4 nitrogen and oxygen atoms in total. The largest absolute Gasteiger partial charge is 0.396 e. The molecule has 0 amide bonds. The minimum atomic E-state index is -0.348. The average molecular weight is 279 g/mol. The van der Waals surface area contributed by atoms with Gasteiger partial charge in [-0.25, -0.2) is 4.39 Å². The lowest BCUT2D eigenvalue weighted by Gasteiger charge is -2.24. The summed E-state index contributed by atoms with van der Waals surface area (Å²) in [5, 5.41) is 16.3. The van der Waals surface area contributed by atoms with Gasteiger partial charge in [-0.05, 0) is 56.0 Å². The van der Waals surface area contributed by atoms with Crippen LogP contribution in [0, 0.1) is 11.2 Å². The van der Waals surface area contributed by atoms with Gasteiger partial charge in [0.25, 0.3) is 0 Å². The van der Waals surface area contributed by atoms with Crippen LogP contribution in [0.4, 0.5) is 4.39 Å². The molecule has 1 fully saturated rings. The van der Waals surface area contributed by atoms with Crippen LogP contribution in [0.15, 0.2) is 18.2 Å². The third kappa shape index (κ3) is 3.77. The lowest BCUT2D eigenvalue weighted by molar-refractivity contribution is 0.210. The Morgan fingerprint density at radius 1 is 1.45 bits per heavy atom. The number of halogens is 1. The van der Waals surface area contributed by atoms with Crippen LogP contribution in [-0.2, 0) is 6.54 Å². The number of nitrogens with one attached hydrogen (secondary N) is 1. The van der Waals surface area contributed by atoms with Crippen LogP contribution in [-0.4, -0.2) is 35.0 Å².